The summed E-state index contributed by atoms with van der Waals surface area (Å²) in [6.45, 7) is 6.67. The summed E-state index contributed by atoms with van der Waals surface area (Å²) in [6, 6.07) is 9.23. The molecule has 0 amide bonds. The molecule has 90 valence electrons. The van der Waals surface area contributed by atoms with Gasteiger partial charge in [-0.05, 0) is 36.3 Å². The van der Waals surface area contributed by atoms with E-state index in [1.807, 2.05) is 0 Å². The van der Waals surface area contributed by atoms with E-state index in [9.17, 15) is 0 Å². The van der Waals surface area contributed by atoms with Crippen molar-refractivity contribution < 1.29 is 0 Å². The van der Waals surface area contributed by atoms with Crippen LogP contribution in [0.1, 0.15) is 44.7 Å². The Balaban J connectivity index is 2.48. The lowest BCUT2D eigenvalue weighted by molar-refractivity contribution is 0.493. The second-order valence-electron chi connectivity index (χ2n) is 5.16. The van der Waals surface area contributed by atoms with Gasteiger partial charge >= 0.3 is 0 Å². The number of aryl methyl sites for hydroxylation is 1. The Morgan fingerprint density at radius 1 is 1.06 bits per heavy atom. The van der Waals surface area contributed by atoms with Gasteiger partial charge in [0.15, 0.2) is 0 Å². The van der Waals surface area contributed by atoms with Crippen LogP contribution in [0.5, 0.6) is 0 Å². The summed E-state index contributed by atoms with van der Waals surface area (Å²) in [5.41, 5.74) is 8.91. The fraction of sp³-hybridized carbons (Fsp3) is 0.600. The van der Waals surface area contributed by atoms with Gasteiger partial charge in [0.2, 0.25) is 0 Å². The summed E-state index contributed by atoms with van der Waals surface area (Å²) in [7, 11) is 0. The van der Waals surface area contributed by atoms with Crippen molar-refractivity contribution in [1.82, 2.24) is 0 Å². The highest BCUT2D eigenvalue weighted by Gasteiger charge is 2.06. The van der Waals surface area contributed by atoms with E-state index in [-0.39, 0.29) is 0 Å². The van der Waals surface area contributed by atoms with Crippen molar-refractivity contribution in [2.24, 2.45) is 11.7 Å². The van der Waals surface area contributed by atoms with Crippen molar-refractivity contribution in [2.45, 2.75) is 52.5 Å². The van der Waals surface area contributed by atoms with Crippen molar-refractivity contribution in [3.63, 3.8) is 0 Å². The van der Waals surface area contributed by atoms with E-state index in [1.165, 1.54) is 24.0 Å². The minimum absolute atomic E-state index is 0.303. The third kappa shape index (κ3) is 4.80. The summed E-state index contributed by atoms with van der Waals surface area (Å²) in [5, 5.41) is 0. The van der Waals surface area contributed by atoms with Gasteiger partial charge < -0.3 is 5.73 Å². The Kier molecular flexibility index (Phi) is 5.54. The first-order valence-electron chi connectivity index (χ1n) is 6.45. The summed E-state index contributed by atoms with van der Waals surface area (Å²) in [4.78, 5) is 0. The molecule has 0 heterocycles. The molecule has 16 heavy (non-hydrogen) atoms. The molecule has 0 bridgehead atoms. The second-order valence-corrected chi connectivity index (χ2v) is 5.16. The van der Waals surface area contributed by atoms with Crippen LogP contribution in [-0.2, 0) is 12.8 Å². The average Bonchev–Trinajstić information content (AvgIpc) is 2.20. The molecule has 0 aliphatic rings. The molecular weight excluding hydrogens is 194 g/mol. The molecule has 1 atom stereocenters. The highest BCUT2D eigenvalue weighted by molar-refractivity contribution is 5.23. The molecule has 1 unspecified atom stereocenters. The van der Waals surface area contributed by atoms with E-state index in [0.717, 1.165) is 12.8 Å². The first kappa shape index (κ1) is 13.2. The monoisotopic (exact) mass is 219 g/mol. The third-order valence-corrected chi connectivity index (χ3v) is 2.83. The first-order chi connectivity index (χ1) is 7.61. The standard InChI is InChI=1S/C15H25N/c1-4-5-13-6-8-14(9-7-13)11-15(16)10-12(2)3/h6-9,12,15H,4-5,10-11,16H2,1-3H3. The average molecular weight is 219 g/mol. The van der Waals surface area contributed by atoms with Crippen LogP contribution in [0.2, 0.25) is 0 Å². The van der Waals surface area contributed by atoms with E-state index in [0.29, 0.717) is 12.0 Å². The van der Waals surface area contributed by atoms with Gasteiger partial charge in [-0.3, -0.25) is 0 Å². The van der Waals surface area contributed by atoms with Gasteiger partial charge in [0.1, 0.15) is 0 Å². The van der Waals surface area contributed by atoms with Crippen LogP contribution in [0.3, 0.4) is 0 Å². The molecule has 0 aliphatic heterocycles. The summed E-state index contributed by atoms with van der Waals surface area (Å²) in [6.07, 6.45) is 4.51. The lowest BCUT2D eigenvalue weighted by atomic mass is 9.97. The zero-order valence-electron chi connectivity index (χ0n) is 10.9. The summed E-state index contributed by atoms with van der Waals surface area (Å²) in [5.74, 6) is 0.689. The quantitative estimate of drug-likeness (QED) is 0.778. The number of hydrogen-bond acceptors (Lipinski definition) is 1. The molecule has 0 saturated carbocycles. The van der Waals surface area contributed by atoms with Crippen LogP contribution in [0.15, 0.2) is 24.3 Å². The molecular formula is C15H25N. The maximum absolute atomic E-state index is 6.10. The first-order valence-corrected chi connectivity index (χ1v) is 6.45. The molecule has 0 spiro atoms. The molecule has 0 fully saturated rings. The van der Waals surface area contributed by atoms with Gasteiger partial charge in [0.25, 0.3) is 0 Å². The van der Waals surface area contributed by atoms with Gasteiger partial charge in [0, 0.05) is 6.04 Å². The highest BCUT2D eigenvalue weighted by atomic mass is 14.6. The molecule has 2 N–H and O–H groups in total. The Hall–Kier alpha value is -0.820. The van der Waals surface area contributed by atoms with Crippen molar-refractivity contribution >= 4 is 0 Å². The van der Waals surface area contributed by atoms with Gasteiger partial charge in [0.05, 0.1) is 0 Å². The molecule has 1 nitrogen and oxygen atoms in total. The van der Waals surface area contributed by atoms with Crippen LogP contribution in [0.4, 0.5) is 0 Å². The molecule has 0 radical (unpaired) electrons. The maximum atomic E-state index is 6.10. The molecule has 1 rings (SSSR count). The van der Waals surface area contributed by atoms with Gasteiger partial charge in [-0.2, -0.15) is 0 Å². The second kappa shape index (κ2) is 6.70. The number of nitrogens with two attached hydrogens (primary N) is 1. The van der Waals surface area contributed by atoms with Crippen LogP contribution in [-0.4, -0.2) is 6.04 Å². The van der Waals surface area contributed by atoms with Crippen LogP contribution in [0, 0.1) is 5.92 Å². The number of hydrogen-bond donors (Lipinski definition) is 1. The maximum Gasteiger partial charge on any atom is 0.00817 e. The van der Waals surface area contributed by atoms with E-state index >= 15 is 0 Å². The minimum Gasteiger partial charge on any atom is -0.327 e. The predicted octanol–water partition coefficient (Wildman–Crippen LogP) is 3.56. The number of benzene rings is 1. The Labute approximate surface area is 100 Å². The molecule has 1 heteroatoms. The van der Waals surface area contributed by atoms with Crippen molar-refractivity contribution in [2.75, 3.05) is 0 Å². The number of rotatable bonds is 6. The van der Waals surface area contributed by atoms with Gasteiger partial charge in [-0.1, -0.05) is 51.5 Å². The largest absolute Gasteiger partial charge is 0.327 e. The lowest BCUT2D eigenvalue weighted by Crippen LogP contribution is -2.24. The fourth-order valence-electron chi connectivity index (χ4n) is 2.12. The Morgan fingerprint density at radius 2 is 1.62 bits per heavy atom. The van der Waals surface area contributed by atoms with Gasteiger partial charge in [-0.15, -0.1) is 0 Å². The molecule has 0 aliphatic carbocycles. The Morgan fingerprint density at radius 3 is 2.12 bits per heavy atom. The molecule has 1 aromatic carbocycles. The SMILES string of the molecule is CCCc1ccc(CC(N)CC(C)C)cc1. The fourth-order valence-corrected chi connectivity index (χ4v) is 2.12. The van der Waals surface area contributed by atoms with E-state index in [2.05, 4.69) is 45.0 Å². The van der Waals surface area contributed by atoms with E-state index < -0.39 is 0 Å². The van der Waals surface area contributed by atoms with Crippen LogP contribution < -0.4 is 5.73 Å². The zero-order valence-corrected chi connectivity index (χ0v) is 10.9. The van der Waals surface area contributed by atoms with Gasteiger partial charge in [-0.25, -0.2) is 0 Å². The third-order valence-electron chi connectivity index (χ3n) is 2.83. The zero-order chi connectivity index (χ0) is 12.0. The van der Waals surface area contributed by atoms with Crippen molar-refractivity contribution in [3.8, 4) is 0 Å². The molecule has 0 saturated heterocycles. The molecule has 1 aromatic rings. The van der Waals surface area contributed by atoms with Crippen LogP contribution >= 0.6 is 0 Å². The van der Waals surface area contributed by atoms with Crippen molar-refractivity contribution in [1.29, 1.82) is 0 Å². The van der Waals surface area contributed by atoms with E-state index in [1.54, 1.807) is 0 Å². The van der Waals surface area contributed by atoms with Crippen LogP contribution in [0.25, 0.3) is 0 Å². The highest BCUT2D eigenvalue weighted by Crippen LogP contribution is 2.11. The smallest absolute Gasteiger partial charge is 0.00817 e. The lowest BCUT2D eigenvalue weighted by Gasteiger charge is -2.14. The van der Waals surface area contributed by atoms with E-state index in [4.69, 9.17) is 5.73 Å². The minimum atomic E-state index is 0.303. The molecule has 0 aromatic heterocycles. The summed E-state index contributed by atoms with van der Waals surface area (Å²) >= 11 is 0. The predicted molar refractivity (Wildman–Crippen MR) is 71.6 cm³/mol. The van der Waals surface area contributed by atoms with Crippen molar-refractivity contribution in [3.05, 3.63) is 35.4 Å². The normalized spacial score (nSPS) is 13.1. The summed E-state index contributed by atoms with van der Waals surface area (Å²) < 4.78 is 0. The topological polar surface area (TPSA) is 26.0 Å². The Bertz CT molecular complexity index is 287.